The fourth-order valence-electron chi connectivity index (χ4n) is 2.51. The van der Waals surface area contributed by atoms with Crippen LogP contribution in [0.25, 0.3) is 0 Å². The lowest BCUT2D eigenvalue weighted by molar-refractivity contribution is 0.00718. The topological polar surface area (TPSA) is 40.5 Å². The van der Waals surface area contributed by atoms with Crippen molar-refractivity contribution in [2.45, 2.75) is 103 Å². The van der Waals surface area contributed by atoms with Gasteiger partial charge in [0.1, 0.15) is 0 Å². The second kappa shape index (κ2) is 15.1. The maximum Gasteiger partial charge on any atom is 0.0799 e. The third-order valence-electron chi connectivity index (χ3n) is 3.96. The van der Waals surface area contributed by atoms with E-state index < -0.39 is 12.2 Å². The Hall–Kier alpha value is -0.340. The van der Waals surface area contributed by atoms with Gasteiger partial charge in [-0.15, -0.1) is 6.58 Å². The molecule has 2 atom stereocenters. The van der Waals surface area contributed by atoms with Crippen LogP contribution in [0.15, 0.2) is 12.7 Å². The first kappa shape index (κ1) is 19.7. The SMILES string of the molecule is C=CCCCCCCCCCC(O)C(O)CCCCC. The molecule has 20 heavy (non-hydrogen) atoms. The third kappa shape index (κ3) is 12.7. The lowest BCUT2D eigenvalue weighted by Crippen LogP contribution is -2.25. The summed E-state index contributed by atoms with van der Waals surface area (Å²) in [5.41, 5.74) is 0. The number of allylic oxidation sites excluding steroid dienone is 1. The van der Waals surface area contributed by atoms with Crippen LogP contribution in [0.4, 0.5) is 0 Å². The van der Waals surface area contributed by atoms with Gasteiger partial charge in [-0.2, -0.15) is 0 Å². The molecule has 0 bridgehead atoms. The molecular formula is C18H36O2. The molecule has 0 saturated heterocycles. The molecule has 0 saturated carbocycles. The van der Waals surface area contributed by atoms with Crippen LogP contribution in [0.1, 0.15) is 90.4 Å². The molecule has 0 radical (unpaired) electrons. The van der Waals surface area contributed by atoms with E-state index in [2.05, 4.69) is 13.5 Å². The molecular weight excluding hydrogens is 248 g/mol. The lowest BCUT2D eigenvalue weighted by atomic mass is 10.00. The second-order valence-corrected chi connectivity index (χ2v) is 5.97. The maximum atomic E-state index is 9.86. The Morgan fingerprint density at radius 2 is 1.20 bits per heavy atom. The lowest BCUT2D eigenvalue weighted by Gasteiger charge is -2.17. The molecule has 0 spiro atoms. The van der Waals surface area contributed by atoms with Gasteiger partial charge in [0.25, 0.3) is 0 Å². The van der Waals surface area contributed by atoms with Gasteiger partial charge >= 0.3 is 0 Å². The van der Waals surface area contributed by atoms with Gasteiger partial charge in [-0.05, 0) is 25.7 Å². The van der Waals surface area contributed by atoms with Crippen molar-refractivity contribution in [2.24, 2.45) is 0 Å². The first-order valence-electron chi connectivity index (χ1n) is 8.69. The Morgan fingerprint density at radius 1 is 0.750 bits per heavy atom. The average molecular weight is 284 g/mol. The van der Waals surface area contributed by atoms with Crippen molar-refractivity contribution in [3.05, 3.63) is 12.7 Å². The van der Waals surface area contributed by atoms with Crippen molar-refractivity contribution in [3.8, 4) is 0 Å². The number of unbranched alkanes of at least 4 members (excludes halogenated alkanes) is 9. The minimum absolute atomic E-state index is 0.513. The zero-order valence-corrected chi connectivity index (χ0v) is 13.5. The molecule has 0 rings (SSSR count). The van der Waals surface area contributed by atoms with Crippen molar-refractivity contribution in [1.29, 1.82) is 0 Å². The van der Waals surface area contributed by atoms with Gasteiger partial charge < -0.3 is 10.2 Å². The molecule has 0 aliphatic carbocycles. The first-order chi connectivity index (χ1) is 9.72. The Kier molecular flexibility index (Phi) is 14.8. The average Bonchev–Trinajstić information content (AvgIpc) is 2.45. The fraction of sp³-hybridized carbons (Fsp3) is 0.889. The van der Waals surface area contributed by atoms with Gasteiger partial charge in [-0.1, -0.05) is 70.8 Å². The van der Waals surface area contributed by atoms with E-state index in [1.807, 2.05) is 6.08 Å². The van der Waals surface area contributed by atoms with Crippen LogP contribution in [0, 0.1) is 0 Å². The molecule has 0 aromatic carbocycles. The molecule has 2 N–H and O–H groups in total. The third-order valence-corrected chi connectivity index (χ3v) is 3.96. The molecule has 2 heteroatoms. The van der Waals surface area contributed by atoms with Gasteiger partial charge in [0.15, 0.2) is 0 Å². The van der Waals surface area contributed by atoms with Crippen LogP contribution in [0.3, 0.4) is 0 Å². The summed E-state index contributed by atoms with van der Waals surface area (Å²) in [6.45, 7) is 5.88. The molecule has 0 heterocycles. The quantitative estimate of drug-likeness (QED) is 0.329. The minimum atomic E-state index is -0.514. The molecule has 0 aliphatic heterocycles. The summed E-state index contributed by atoms with van der Waals surface area (Å²) < 4.78 is 0. The van der Waals surface area contributed by atoms with Crippen molar-refractivity contribution in [2.75, 3.05) is 0 Å². The predicted molar refractivity (Wildman–Crippen MR) is 87.9 cm³/mol. The molecule has 0 amide bonds. The maximum absolute atomic E-state index is 9.86. The molecule has 0 aromatic rings. The Bertz CT molecular complexity index is 204. The Balaban J connectivity index is 3.29. The summed E-state index contributed by atoms with van der Waals surface area (Å²) in [5, 5.41) is 19.7. The summed E-state index contributed by atoms with van der Waals surface area (Å²) in [6.07, 6.45) is 15.6. The van der Waals surface area contributed by atoms with Crippen LogP contribution in [-0.2, 0) is 0 Å². The highest BCUT2D eigenvalue weighted by molar-refractivity contribution is 4.67. The zero-order valence-electron chi connectivity index (χ0n) is 13.5. The zero-order chi connectivity index (χ0) is 15.1. The summed E-state index contributed by atoms with van der Waals surface area (Å²) in [5.74, 6) is 0. The summed E-state index contributed by atoms with van der Waals surface area (Å²) in [7, 11) is 0. The van der Waals surface area contributed by atoms with Gasteiger partial charge in [-0.25, -0.2) is 0 Å². The number of aliphatic hydroxyl groups excluding tert-OH is 2. The number of hydrogen-bond donors (Lipinski definition) is 2. The molecule has 0 aliphatic rings. The van der Waals surface area contributed by atoms with E-state index in [-0.39, 0.29) is 0 Å². The van der Waals surface area contributed by atoms with Crippen LogP contribution in [0.2, 0.25) is 0 Å². The van der Waals surface area contributed by atoms with Gasteiger partial charge in [0.2, 0.25) is 0 Å². The van der Waals surface area contributed by atoms with E-state index in [1.165, 1.54) is 38.5 Å². The van der Waals surface area contributed by atoms with E-state index in [9.17, 15) is 10.2 Å². The van der Waals surface area contributed by atoms with Gasteiger partial charge in [0, 0.05) is 0 Å². The van der Waals surface area contributed by atoms with E-state index in [4.69, 9.17) is 0 Å². The number of hydrogen-bond acceptors (Lipinski definition) is 2. The van der Waals surface area contributed by atoms with E-state index in [1.54, 1.807) is 0 Å². The molecule has 2 nitrogen and oxygen atoms in total. The van der Waals surface area contributed by atoms with Crippen LogP contribution >= 0.6 is 0 Å². The van der Waals surface area contributed by atoms with Gasteiger partial charge in [0.05, 0.1) is 12.2 Å². The monoisotopic (exact) mass is 284 g/mol. The highest BCUT2D eigenvalue weighted by Crippen LogP contribution is 2.14. The van der Waals surface area contributed by atoms with Crippen LogP contribution < -0.4 is 0 Å². The van der Waals surface area contributed by atoms with Crippen molar-refractivity contribution in [3.63, 3.8) is 0 Å². The highest BCUT2D eigenvalue weighted by atomic mass is 16.3. The van der Waals surface area contributed by atoms with E-state index in [0.29, 0.717) is 0 Å². The molecule has 120 valence electrons. The highest BCUT2D eigenvalue weighted by Gasteiger charge is 2.14. The van der Waals surface area contributed by atoms with E-state index in [0.717, 1.165) is 44.9 Å². The number of rotatable bonds is 15. The van der Waals surface area contributed by atoms with Crippen LogP contribution in [-0.4, -0.2) is 22.4 Å². The summed E-state index contributed by atoms with van der Waals surface area (Å²) in [4.78, 5) is 0. The predicted octanol–water partition coefficient (Wildman–Crippen LogP) is 4.99. The molecule has 0 fully saturated rings. The Labute approximate surface area is 126 Å². The normalized spacial score (nSPS) is 14.2. The van der Waals surface area contributed by atoms with E-state index >= 15 is 0 Å². The summed E-state index contributed by atoms with van der Waals surface area (Å²) >= 11 is 0. The second-order valence-electron chi connectivity index (χ2n) is 5.97. The first-order valence-corrected chi connectivity index (χ1v) is 8.69. The largest absolute Gasteiger partial charge is 0.390 e. The summed E-state index contributed by atoms with van der Waals surface area (Å²) in [6, 6.07) is 0. The van der Waals surface area contributed by atoms with Gasteiger partial charge in [-0.3, -0.25) is 0 Å². The van der Waals surface area contributed by atoms with Crippen molar-refractivity contribution in [1.82, 2.24) is 0 Å². The Morgan fingerprint density at radius 3 is 1.70 bits per heavy atom. The van der Waals surface area contributed by atoms with Crippen LogP contribution in [0.5, 0.6) is 0 Å². The number of aliphatic hydroxyl groups is 2. The fourth-order valence-corrected chi connectivity index (χ4v) is 2.51. The minimum Gasteiger partial charge on any atom is -0.390 e. The standard InChI is InChI=1S/C18H36O2/c1-3-5-7-8-9-10-11-12-14-16-18(20)17(19)15-13-6-4-2/h3,17-20H,1,4-16H2,2H3. The smallest absolute Gasteiger partial charge is 0.0799 e. The molecule has 2 unspecified atom stereocenters. The van der Waals surface area contributed by atoms with Crippen molar-refractivity contribution < 1.29 is 10.2 Å². The van der Waals surface area contributed by atoms with Crippen molar-refractivity contribution >= 4 is 0 Å². The molecule has 0 aromatic heterocycles.